The highest BCUT2D eigenvalue weighted by atomic mass is 79.9. The standard InChI is InChI=1S/C17H17BrClNO/c1-17(20,13-2-4-15(19)5-3-13)10-12-9-14(18)8-11-6-7-21-16(11)12/h2-5,8-9H,6-7,10,20H2,1H3. The first-order chi connectivity index (χ1) is 9.95. The average molecular weight is 367 g/mol. The van der Waals surface area contributed by atoms with Gasteiger partial charge in [0.25, 0.3) is 0 Å². The van der Waals surface area contributed by atoms with Crippen LogP contribution in [0.1, 0.15) is 23.6 Å². The summed E-state index contributed by atoms with van der Waals surface area (Å²) < 4.78 is 6.87. The Morgan fingerprint density at radius 1 is 1.29 bits per heavy atom. The van der Waals surface area contributed by atoms with Crippen molar-refractivity contribution in [2.75, 3.05) is 6.61 Å². The molecular formula is C17H17BrClNO. The molecule has 0 saturated heterocycles. The van der Waals surface area contributed by atoms with Crippen molar-refractivity contribution in [3.63, 3.8) is 0 Å². The second kappa shape index (κ2) is 5.64. The minimum Gasteiger partial charge on any atom is -0.493 e. The molecule has 2 aromatic rings. The van der Waals surface area contributed by atoms with E-state index in [2.05, 4.69) is 28.1 Å². The molecule has 1 aliphatic heterocycles. The Morgan fingerprint density at radius 3 is 2.71 bits per heavy atom. The molecule has 0 spiro atoms. The van der Waals surface area contributed by atoms with Crippen LogP contribution in [0.5, 0.6) is 5.75 Å². The fourth-order valence-corrected chi connectivity index (χ4v) is 3.48. The first-order valence-corrected chi connectivity index (χ1v) is 8.12. The van der Waals surface area contributed by atoms with Gasteiger partial charge >= 0.3 is 0 Å². The van der Waals surface area contributed by atoms with E-state index >= 15 is 0 Å². The molecule has 1 aliphatic rings. The van der Waals surface area contributed by atoms with Gasteiger partial charge in [0.05, 0.1) is 6.61 Å². The lowest BCUT2D eigenvalue weighted by atomic mass is 9.86. The van der Waals surface area contributed by atoms with Gasteiger partial charge in [0.1, 0.15) is 5.75 Å². The Labute approximate surface area is 138 Å². The van der Waals surface area contributed by atoms with E-state index in [0.29, 0.717) is 0 Å². The molecule has 110 valence electrons. The summed E-state index contributed by atoms with van der Waals surface area (Å²) in [7, 11) is 0. The van der Waals surface area contributed by atoms with E-state index in [9.17, 15) is 0 Å². The van der Waals surface area contributed by atoms with E-state index in [0.717, 1.165) is 45.8 Å². The molecule has 0 amide bonds. The van der Waals surface area contributed by atoms with Crippen LogP contribution in [0.25, 0.3) is 0 Å². The van der Waals surface area contributed by atoms with E-state index < -0.39 is 5.54 Å². The number of fused-ring (bicyclic) bond motifs is 1. The molecule has 21 heavy (non-hydrogen) atoms. The van der Waals surface area contributed by atoms with Crippen molar-refractivity contribution in [1.82, 2.24) is 0 Å². The van der Waals surface area contributed by atoms with E-state index in [1.807, 2.05) is 31.2 Å². The van der Waals surface area contributed by atoms with E-state index in [-0.39, 0.29) is 0 Å². The number of hydrogen-bond donors (Lipinski definition) is 1. The van der Waals surface area contributed by atoms with Crippen molar-refractivity contribution in [2.24, 2.45) is 5.73 Å². The van der Waals surface area contributed by atoms with Gasteiger partial charge in [0, 0.05) is 21.5 Å². The zero-order valence-electron chi connectivity index (χ0n) is 11.8. The lowest BCUT2D eigenvalue weighted by molar-refractivity contribution is 0.349. The quantitative estimate of drug-likeness (QED) is 0.871. The molecule has 1 heterocycles. The topological polar surface area (TPSA) is 35.2 Å². The maximum Gasteiger partial charge on any atom is 0.125 e. The summed E-state index contributed by atoms with van der Waals surface area (Å²) in [5, 5.41) is 0.723. The zero-order chi connectivity index (χ0) is 15.0. The fourth-order valence-electron chi connectivity index (χ4n) is 2.81. The maximum absolute atomic E-state index is 6.55. The molecule has 2 N–H and O–H groups in total. The molecule has 0 saturated carbocycles. The van der Waals surface area contributed by atoms with E-state index in [1.165, 1.54) is 5.56 Å². The van der Waals surface area contributed by atoms with Gasteiger partial charge in [-0.2, -0.15) is 0 Å². The van der Waals surface area contributed by atoms with Crippen molar-refractivity contribution < 1.29 is 4.74 Å². The van der Waals surface area contributed by atoms with Gasteiger partial charge in [-0.15, -0.1) is 0 Å². The van der Waals surface area contributed by atoms with Crippen LogP contribution in [0.3, 0.4) is 0 Å². The number of rotatable bonds is 3. The second-order valence-corrected chi connectivity index (χ2v) is 7.10. The van der Waals surface area contributed by atoms with Gasteiger partial charge in [-0.3, -0.25) is 0 Å². The van der Waals surface area contributed by atoms with Gasteiger partial charge in [0.2, 0.25) is 0 Å². The Kier molecular flexibility index (Phi) is 4.00. The lowest BCUT2D eigenvalue weighted by Crippen LogP contribution is -2.35. The molecule has 4 heteroatoms. The third-order valence-electron chi connectivity index (χ3n) is 3.89. The molecule has 0 fully saturated rings. The van der Waals surface area contributed by atoms with Crippen LogP contribution >= 0.6 is 27.5 Å². The molecule has 0 radical (unpaired) electrons. The minimum absolute atomic E-state index is 0.467. The third kappa shape index (κ3) is 3.10. The van der Waals surface area contributed by atoms with Crippen LogP contribution in [0, 0.1) is 0 Å². The number of hydrogen-bond acceptors (Lipinski definition) is 2. The molecule has 0 aromatic heterocycles. The second-order valence-electron chi connectivity index (χ2n) is 5.75. The Balaban J connectivity index is 1.94. The van der Waals surface area contributed by atoms with Gasteiger partial charge in [-0.1, -0.05) is 39.7 Å². The van der Waals surface area contributed by atoms with E-state index in [1.54, 1.807) is 0 Å². The van der Waals surface area contributed by atoms with Crippen LogP contribution in [-0.2, 0) is 18.4 Å². The summed E-state index contributed by atoms with van der Waals surface area (Å²) >= 11 is 9.53. The fraction of sp³-hybridized carbons (Fsp3) is 0.294. The summed E-state index contributed by atoms with van der Waals surface area (Å²) in [5.74, 6) is 1.00. The molecular weight excluding hydrogens is 350 g/mol. The normalized spacial score (nSPS) is 16.2. The van der Waals surface area contributed by atoms with Crippen molar-refractivity contribution in [1.29, 1.82) is 0 Å². The molecule has 1 atom stereocenters. The van der Waals surface area contributed by atoms with Crippen molar-refractivity contribution >= 4 is 27.5 Å². The van der Waals surface area contributed by atoms with Crippen LogP contribution < -0.4 is 10.5 Å². The van der Waals surface area contributed by atoms with Gasteiger partial charge in [0.15, 0.2) is 0 Å². The molecule has 0 bridgehead atoms. The smallest absolute Gasteiger partial charge is 0.125 e. The monoisotopic (exact) mass is 365 g/mol. The molecule has 0 aliphatic carbocycles. The lowest BCUT2D eigenvalue weighted by Gasteiger charge is -2.26. The third-order valence-corrected chi connectivity index (χ3v) is 4.60. The number of halogens is 2. The first-order valence-electron chi connectivity index (χ1n) is 6.95. The van der Waals surface area contributed by atoms with Crippen LogP contribution in [0.15, 0.2) is 40.9 Å². The summed E-state index contributed by atoms with van der Waals surface area (Å²) in [6, 6.07) is 12.0. The van der Waals surface area contributed by atoms with E-state index in [4.69, 9.17) is 22.1 Å². The number of ether oxygens (including phenoxy) is 1. The Hall–Kier alpha value is -1.03. The molecule has 1 unspecified atom stereocenters. The van der Waals surface area contributed by atoms with Gasteiger partial charge < -0.3 is 10.5 Å². The van der Waals surface area contributed by atoms with Gasteiger partial charge in [-0.25, -0.2) is 0 Å². The van der Waals surface area contributed by atoms with Crippen LogP contribution in [0.2, 0.25) is 5.02 Å². The summed E-state index contributed by atoms with van der Waals surface area (Å²) in [5.41, 5.74) is 9.56. The summed E-state index contributed by atoms with van der Waals surface area (Å²) in [6.45, 7) is 2.79. The Bertz CT molecular complexity index is 667. The highest BCUT2D eigenvalue weighted by Gasteiger charge is 2.26. The average Bonchev–Trinajstić information content (AvgIpc) is 2.87. The Morgan fingerprint density at radius 2 is 2.00 bits per heavy atom. The minimum atomic E-state index is -0.467. The largest absolute Gasteiger partial charge is 0.493 e. The van der Waals surface area contributed by atoms with Crippen molar-refractivity contribution in [3.8, 4) is 5.75 Å². The highest BCUT2D eigenvalue weighted by Crippen LogP contribution is 2.36. The predicted molar refractivity (Wildman–Crippen MR) is 90.0 cm³/mol. The van der Waals surface area contributed by atoms with Crippen LogP contribution in [0.4, 0.5) is 0 Å². The number of nitrogens with two attached hydrogens (primary N) is 1. The molecule has 2 nitrogen and oxygen atoms in total. The SMILES string of the molecule is CC(N)(Cc1cc(Br)cc2c1OCC2)c1ccc(Cl)cc1. The van der Waals surface area contributed by atoms with Crippen LogP contribution in [-0.4, -0.2) is 6.61 Å². The first kappa shape index (κ1) is 14.9. The highest BCUT2D eigenvalue weighted by molar-refractivity contribution is 9.10. The number of benzene rings is 2. The summed E-state index contributed by atoms with van der Waals surface area (Å²) in [6.07, 6.45) is 1.68. The van der Waals surface area contributed by atoms with Crippen molar-refractivity contribution in [2.45, 2.75) is 25.3 Å². The van der Waals surface area contributed by atoms with Gasteiger partial charge in [-0.05, 0) is 54.3 Å². The van der Waals surface area contributed by atoms with Crippen molar-refractivity contribution in [3.05, 3.63) is 62.6 Å². The zero-order valence-corrected chi connectivity index (χ0v) is 14.2. The maximum atomic E-state index is 6.55. The molecule has 3 rings (SSSR count). The summed E-state index contributed by atoms with van der Waals surface area (Å²) in [4.78, 5) is 0. The predicted octanol–water partition coefficient (Wildman–Crippen LogP) is 4.45. The molecule has 2 aromatic carbocycles.